The average Bonchev–Trinajstić information content (AvgIpc) is 2.61. The van der Waals surface area contributed by atoms with E-state index in [1.807, 2.05) is 12.3 Å². The summed E-state index contributed by atoms with van der Waals surface area (Å²) in [5.41, 5.74) is 3.38. The predicted octanol–water partition coefficient (Wildman–Crippen LogP) is 4.36. The number of pyridine rings is 1. The summed E-state index contributed by atoms with van der Waals surface area (Å²) in [5, 5.41) is 7.06. The Kier molecular flexibility index (Phi) is 6.09. The molecule has 3 rings (SSSR count). The third-order valence-corrected chi connectivity index (χ3v) is 5.02. The molecule has 2 heterocycles. The number of hydrogen-bond donors (Lipinski definition) is 2. The fourth-order valence-electron chi connectivity index (χ4n) is 3.56. The lowest BCUT2D eigenvalue weighted by atomic mass is 9.92. The van der Waals surface area contributed by atoms with Gasteiger partial charge in [-0.25, -0.2) is 4.98 Å². The van der Waals surface area contributed by atoms with Crippen molar-refractivity contribution in [3.05, 3.63) is 53.7 Å². The molecule has 2 N–H and O–H groups in total. The Morgan fingerprint density at radius 3 is 2.42 bits per heavy atom. The maximum atomic E-state index is 5.39. The number of rotatable bonds is 4. The van der Waals surface area contributed by atoms with Gasteiger partial charge in [0.05, 0.1) is 11.9 Å². The first kappa shape index (κ1) is 18.6. The molecule has 26 heavy (non-hydrogen) atoms. The van der Waals surface area contributed by atoms with Gasteiger partial charge in [0, 0.05) is 19.6 Å². The van der Waals surface area contributed by atoms with Crippen LogP contribution in [0.3, 0.4) is 0 Å². The van der Waals surface area contributed by atoms with E-state index in [1.54, 1.807) is 0 Å². The molecular weight excluding hydrogens is 340 g/mol. The van der Waals surface area contributed by atoms with Gasteiger partial charge in [0.15, 0.2) is 5.11 Å². The molecule has 0 amide bonds. The van der Waals surface area contributed by atoms with E-state index in [-0.39, 0.29) is 0 Å². The Labute approximate surface area is 162 Å². The second-order valence-corrected chi connectivity index (χ2v) is 7.96. The highest BCUT2D eigenvalue weighted by molar-refractivity contribution is 7.80. The van der Waals surface area contributed by atoms with Crippen LogP contribution in [0, 0.1) is 18.8 Å². The van der Waals surface area contributed by atoms with Gasteiger partial charge in [-0.1, -0.05) is 43.7 Å². The summed E-state index contributed by atoms with van der Waals surface area (Å²) < 4.78 is 0. The van der Waals surface area contributed by atoms with Gasteiger partial charge < -0.3 is 15.5 Å². The Morgan fingerprint density at radius 2 is 1.81 bits per heavy atom. The molecule has 0 spiro atoms. The van der Waals surface area contributed by atoms with Crippen LogP contribution < -0.4 is 15.5 Å². The van der Waals surface area contributed by atoms with E-state index in [2.05, 4.69) is 71.6 Å². The SMILES string of the molecule is Cc1ccc(CNC(=S)Nc2ccc(N3CC(C)CC(C)C3)nc2)cc1. The lowest BCUT2D eigenvalue weighted by Gasteiger charge is -2.35. The first-order valence-electron chi connectivity index (χ1n) is 9.31. The maximum Gasteiger partial charge on any atom is 0.171 e. The minimum Gasteiger partial charge on any atom is -0.358 e. The van der Waals surface area contributed by atoms with Crippen molar-refractivity contribution in [2.75, 3.05) is 23.3 Å². The number of nitrogens with one attached hydrogen (secondary N) is 2. The fourth-order valence-corrected chi connectivity index (χ4v) is 3.75. The molecule has 2 unspecified atom stereocenters. The second kappa shape index (κ2) is 8.49. The minimum atomic E-state index is 0.611. The lowest BCUT2D eigenvalue weighted by Crippen LogP contribution is -2.39. The van der Waals surface area contributed by atoms with E-state index < -0.39 is 0 Å². The first-order valence-corrected chi connectivity index (χ1v) is 9.72. The third kappa shape index (κ3) is 5.18. The standard InChI is InChI=1S/C21H28N4S/c1-15-4-6-18(7-5-15)11-23-21(26)24-19-8-9-20(22-12-19)25-13-16(2)10-17(3)14-25/h4-9,12,16-17H,10-11,13-14H2,1-3H3,(H2,23,24,26). The van der Waals surface area contributed by atoms with Crippen LogP contribution in [0.25, 0.3) is 0 Å². The molecule has 1 aromatic heterocycles. The smallest absolute Gasteiger partial charge is 0.171 e. The topological polar surface area (TPSA) is 40.2 Å². The quantitative estimate of drug-likeness (QED) is 0.785. The lowest BCUT2D eigenvalue weighted by molar-refractivity contribution is 0.355. The summed E-state index contributed by atoms with van der Waals surface area (Å²) in [4.78, 5) is 7.01. The Bertz CT molecular complexity index is 717. The van der Waals surface area contributed by atoms with Crippen LogP contribution in [0.2, 0.25) is 0 Å². The van der Waals surface area contributed by atoms with Gasteiger partial charge in [-0.3, -0.25) is 0 Å². The maximum absolute atomic E-state index is 5.39. The molecule has 1 aromatic carbocycles. The zero-order chi connectivity index (χ0) is 18.5. The van der Waals surface area contributed by atoms with Gasteiger partial charge in [0.1, 0.15) is 5.82 Å². The molecule has 5 heteroatoms. The van der Waals surface area contributed by atoms with Gasteiger partial charge >= 0.3 is 0 Å². The fraction of sp³-hybridized carbons (Fsp3) is 0.429. The minimum absolute atomic E-state index is 0.611. The molecule has 2 atom stereocenters. The number of piperidine rings is 1. The highest BCUT2D eigenvalue weighted by Crippen LogP contribution is 2.25. The molecule has 138 valence electrons. The molecule has 0 bridgehead atoms. The van der Waals surface area contributed by atoms with E-state index >= 15 is 0 Å². The molecular formula is C21H28N4S. The monoisotopic (exact) mass is 368 g/mol. The summed E-state index contributed by atoms with van der Waals surface area (Å²) >= 11 is 5.39. The van der Waals surface area contributed by atoms with Gasteiger partial charge in [0.25, 0.3) is 0 Å². The van der Waals surface area contributed by atoms with Crippen molar-refractivity contribution in [1.82, 2.24) is 10.3 Å². The van der Waals surface area contributed by atoms with Crippen molar-refractivity contribution in [3.63, 3.8) is 0 Å². The predicted molar refractivity (Wildman–Crippen MR) is 114 cm³/mol. The van der Waals surface area contributed by atoms with Crippen LogP contribution in [-0.2, 0) is 6.54 Å². The van der Waals surface area contributed by atoms with E-state index in [0.717, 1.165) is 36.4 Å². The molecule has 1 fully saturated rings. The van der Waals surface area contributed by atoms with E-state index in [9.17, 15) is 0 Å². The second-order valence-electron chi connectivity index (χ2n) is 7.55. The average molecular weight is 369 g/mol. The van der Waals surface area contributed by atoms with Crippen molar-refractivity contribution in [2.45, 2.75) is 33.7 Å². The molecule has 2 aromatic rings. The van der Waals surface area contributed by atoms with Gasteiger partial charge in [-0.2, -0.15) is 0 Å². The zero-order valence-electron chi connectivity index (χ0n) is 15.8. The molecule has 0 aliphatic carbocycles. The Balaban J connectivity index is 1.52. The van der Waals surface area contributed by atoms with E-state index in [1.165, 1.54) is 17.5 Å². The number of aromatic nitrogens is 1. The molecule has 4 nitrogen and oxygen atoms in total. The van der Waals surface area contributed by atoms with Crippen LogP contribution in [0.5, 0.6) is 0 Å². The highest BCUT2D eigenvalue weighted by Gasteiger charge is 2.22. The Morgan fingerprint density at radius 1 is 1.12 bits per heavy atom. The molecule has 0 saturated carbocycles. The number of hydrogen-bond acceptors (Lipinski definition) is 3. The van der Waals surface area contributed by atoms with Crippen molar-refractivity contribution in [3.8, 4) is 0 Å². The van der Waals surface area contributed by atoms with Crippen molar-refractivity contribution in [1.29, 1.82) is 0 Å². The van der Waals surface area contributed by atoms with Gasteiger partial charge in [0.2, 0.25) is 0 Å². The van der Waals surface area contributed by atoms with E-state index in [0.29, 0.717) is 11.7 Å². The summed E-state index contributed by atoms with van der Waals surface area (Å²) in [7, 11) is 0. The largest absolute Gasteiger partial charge is 0.358 e. The number of thiocarbonyl (C=S) groups is 1. The van der Waals surface area contributed by atoms with Crippen LogP contribution in [0.4, 0.5) is 11.5 Å². The van der Waals surface area contributed by atoms with Crippen molar-refractivity contribution in [2.24, 2.45) is 11.8 Å². The van der Waals surface area contributed by atoms with Crippen LogP contribution in [0.1, 0.15) is 31.4 Å². The zero-order valence-corrected chi connectivity index (χ0v) is 16.6. The Hall–Kier alpha value is -2.14. The summed E-state index contributed by atoms with van der Waals surface area (Å²) in [6, 6.07) is 12.6. The normalized spacial score (nSPS) is 19.9. The highest BCUT2D eigenvalue weighted by atomic mass is 32.1. The summed E-state index contributed by atoms with van der Waals surface area (Å²) in [6.45, 7) is 9.60. The summed E-state index contributed by atoms with van der Waals surface area (Å²) in [5.74, 6) is 2.49. The van der Waals surface area contributed by atoms with Crippen LogP contribution in [-0.4, -0.2) is 23.2 Å². The number of benzene rings is 1. The number of anilines is 2. The van der Waals surface area contributed by atoms with Crippen LogP contribution >= 0.6 is 12.2 Å². The first-order chi connectivity index (χ1) is 12.5. The number of aryl methyl sites for hydroxylation is 1. The third-order valence-electron chi connectivity index (χ3n) is 4.77. The molecule has 1 saturated heterocycles. The summed E-state index contributed by atoms with van der Waals surface area (Å²) in [6.07, 6.45) is 3.16. The number of nitrogens with zero attached hydrogens (tertiary/aromatic N) is 2. The van der Waals surface area contributed by atoms with Gasteiger partial charge in [-0.05, 0) is 55.1 Å². The molecule has 0 radical (unpaired) electrons. The molecule has 1 aliphatic rings. The molecule has 1 aliphatic heterocycles. The van der Waals surface area contributed by atoms with Crippen molar-refractivity contribution < 1.29 is 0 Å². The van der Waals surface area contributed by atoms with Crippen molar-refractivity contribution >= 4 is 28.8 Å². The van der Waals surface area contributed by atoms with E-state index in [4.69, 9.17) is 12.2 Å². The van der Waals surface area contributed by atoms with Gasteiger partial charge in [-0.15, -0.1) is 0 Å². The van der Waals surface area contributed by atoms with Crippen LogP contribution in [0.15, 0.2) is 42.6 Å².